The molecule has 0 spiro atoms. The lowest BCUT2D eigenvalue weighted by Gasteiger charge is -2.07. The van der Waals surface area contributed by atoms with Gasteiger partial charge in [-0.3, -0.25) is 0 Å². The maximum atomic E-state index is 13.1. The second-order valence-electron chi connectivity index (χ2n) is 5.44. The fourth-order valence-corrected chi connectivity index (χ4v) is 3.13. The number of halogens is 4. The van der Waals surface area contributed by atoms with E-state index in [1.165, 1.54) is 24.3 Å². The Morgan fingerprint density at radius 3 is 2.08 bits per heavy atom. The second-order valence-corrected chi connectivity index (χ2v) is 8.37. The summed E-state index contributed by atoms with van der Waals surface area (Å²) in [6, 6.07) is 11.9. The van der Waals surface area contributed by atoms with Crippen molar-refractivity contribution in [2.75, 3.05) is 6.26 Å². The predicted octanol–water partition coefficient (Wildman–Crippen LogP) is 4.12. The Kier molecular flexibility index (Phi) is 4.65. The van der Waals surface area contributed by atoms with Gasteiger partial charge in [-0.15, -0.1) is 5.10 Å². The highest BCUT2D eigenvalue weighted by Crippen LogP contribution is 2.31. The Balaban J connectivity index is 2.16. The molecule has 3 rings (SSSR count). The Morgan fingerprint density at radius 2 is 1.58 bits per heavy atom. The Morgan fingerprint density at radius 1 is 1.00 bits per heavy atom. The number of hydrogen-bond donors (Lipinski definition) is 0. The molecule has 0 aliphatic rings. The lowest BCUT2D eigenvalue weighted by atomic mass is 10.2. The van der Waals surface area contributed by atoms with Crippen molar-refractivity contribution in [3.05, 3.63) is 58.8 Å². The number of rotatable bonds is 3. The molecular formula is C16H11BrF3N3O2S. The summed E-state index contributed by atoms with van der Waals surface area (Å²) in [6.45, 7) is 0. The highest BCUT2D eigenvalue weighted by molar-refractivity contribution is 9.10. The van der Waals surface area contributed by atoms with Crippen molar-refractivity contribution in [3.63, 3.8) is 0 Å². The maximum Gasteiger partial charge on any atom is 0.453 e. The molecule has 10 heteroatoms. The summed E-state index contributed by atoms with van der Waals surface area (Å²) in [6.07, 6.45) is -3.66. The van der Waals surface area contributed by atoms with Crippen LogP contribution in [0, 0.1) is 0 Å². The molecule has 2 aromatic carbocycles. The van der Waals surface area contributed by atoms with Gasteiger partial charge in [0.05, 0.1) is 10.6 Å². The van der Waals surface area contributed by atoms with Gasteiger partial charge in [0.2, 0.25) is 0 Å². The molecule has 0 amide bonds. The first kappa shape index (κ1) is 18.6. The average Bonchev–Trinajstić information content (AvgIpc) is 3.00. The molecule has 0 aliphatic heterocycles. The van der Waals surface area contributed by atoms with Gasteiger partial charge in [-0.25, -0.2) is 18.1 Å². The topological polar surface area (TPSA) is 64.8 Å². The monoisotopic (exact) mass is 445 g/mol. The number of aromatic nitrogens is 3. The zero-order valence-electron chi connectivity index (χ0n) is 13.2. The Bertz CT molecular complexity index is 1040. The first-order valence-electron chi connectivity index (χ1n) is 7.16. The average molecular weight is 446 g/mol. The van der Waals surface area contributed by atoms with Crippen LogP contribution in [0.3, 0.4) is 0 Å². The van der Waals surface area contributed by atoms with Crippen LogP contribution in [0.1, 0.15) is 5.82 Å². The molecule has 0 atom stereocenters. The van der Waals surface area contributed by atoms with Gasteiger partial charge >= 0.3 is 6.18 Å². The van der Waals surface area contributed by atoms with E-state index in [9.17, 15) is 21.6 Å². The molecule has 0 saturated carbocycles. The molecule has 136 valence electrons. The van der Waals surface area contributed by atoms with E-state index >= 15 is 0 Å². The van der Waals surface area contributed by atoms with Gasteiger partial charge in [0.25, 0.3) is 5.82 Å². The molecule has 0 bridgehead atoms. The third-order valence-electron chi connectivity index (χ3n) is 3.47. The highest BCUT2D eigenvalue weighted by Gasteiger charge is 2.37. The summed E-state index contributed by atoms with van der Waals surface area (Å²) in [5.74, 6) is -1.28. The first-order valence-corrected chi connectivity index (χ1v) is 9.85. The van der Waals surface area contributed by atoms with Crippen molar-refractivity contribution >= 4 is 25.8 Å². The van der Waals surface area contributed by atoms with Gasteiger partial charge in [0.15, 0.2) is 15.7 Å². The smallest absolute Gasteiger partial charge is 0.224 e. The maximum absolute atomic E-state index is 13.1. The normalized spacial score (nSPS) is 12.3. The van der Waals surface area contributed by atoms with Crippen LogP contribution < -0.4 is 0 Å². The third kappa shape index (κ3) is 3.80. The molecule has 0 radical (unpaired) electrons. The molecule has 1 heterocycles. The van der Waals surface area contributed by atoms with Crippen LogP contribution >= 0.6 is 15.9 Å². The number of nitrogens with zero attached hydrogens (tertiary/aromatic N) is 3. The summed E-state index contributed by atoms with van der Waals surface area (Å²) in [5.41, 5.74) is 0.696. The zero-order valence-corrected chi connectivity index (χ0v) is 15.6. The summed E-state index contributed by atoms with van der Waals surface area (Å²) >= 11 is 3.27. The minimum Gasteiger partial charge on any atom is -0.224 e. The van der Waals surface area contributed by atoms with E-state index in [-0.39, 0.29) is 16.4 Å². The standard InChI is InChI=1S/C16H11BrF3N3O2S/c1-26(24,25)13-8-6-12(7-9-13)23-14(10-2-4-11(17)5-3-10)21-15(22-23)16(18,19)20/h2-9H,1H3. The molecule has 0 aliphatic carbocycles. The van der Waals surface area contributed by atoms with E-state index in [4.69, 9.17) is 0 Å². The number of hydrogen-bond acceptors (Lipinski definition) is 4. The van der Waals surface area contributed by atoms with Crippen LogP contribution in [-0.4, -0.2) is 29.4 Å². The molecule has 0 saturated heterocycles. The van der Waals surface area contributed by atoms with Crippen LogP contribution in [0.4, 0.5) is 13.2 Å². The van der Waals surface area contributed by atoms with Gasteiger partial charge in [0.1, 0.15) is 0 Å². The van der Waals surface area contributed by atoms with Crippen molar-refractivity contribution in [2.45, 2.75) is 11.1 Å². The van der Waals surface area contributed by atoms with E-state index in [1.807, 2.05) is 0 Å². The molecule has 1 aromatic heterocycles. The number of sulfone groups is 1. The van der Waals surface area contributed by atoms with Crippen LogP contribution in [0.5, 0.6) is 0 Å². The fraction of sp³-hybridized carbons (Fsp3) is 0.125. The van der Waals surface area contributed by atoms with Crippen molar-refractivity contribution in [3.8, 4) is 17.1 Å². The van der Waals surface area contributed by atoms with Crippen LogP contribution in [0.15, 0.2) is 57.9 Å². The zero-order chi connectivity index (χ0) is 19.1. The Labute approximate surface area is 155 Å². The summed E-state index contributed by atoms with van der Waals surface area (Å²) in [5, 5.41) is 3.56. The van der Waals surface area contributed by atoms with E-state index < -0.39 is 21.8 Å². The van der Waals surface area contributed by atoms with E-state index in [1.54, 1.807) is 24.3 Å². The molecule has 0 unspecified atom stereocenters. The second kappa shape index (κ2) is 6.51. The minimum absolute atomic E-state index is 0.00284. The highest BCUT2D eigenvalue weighted by atomic mass is 79.9. The van der Waals surface area contributed by atoms with Crippen molar-refractivity contribution in [2.24, 2.45) is 0 Å². The summed E-state index contributed by atoms with van der Waals surface area (Å²) in [4.78, 5) is 3.68. The lowest BCUT2D eigenvalue weighted by Crippen LogP contribution is -2.08. The Hall–Kier alpha value is -2.20. The van der Waals surface area contributed by atoms with Crippen LogP contribution in [-0.2, 0) is 16.0 Å². The van der Waals surface area contributed by atoms with Gasteiger partial charge in [0, 0.05) is 16.3 Å². The van der Waals surface area contributed by atoms with Crippen LogP contribution in [0.25, 0.3) is 17.1 Å². The molecule has 5 nitrogen and oxygen atoms in total. The number of benzene rings is 2. The SMILES string of the molecule is CS(=O)(=O)c1ccc(-n2nc(C(F)(F)F)nc2-c2ccc(Br)cc2)cc1. The molecule has 26 heavy (non-hydrogen) atoms. The van der Waals surface area contributed by atoms with Crippen molar-refractivity contribution < 1.29 is 21.6 Å². The third-order valence-corrected chi connectivity index (χ3v) is 5.13. The number of alkyl halides is 3. The largest absolute Gasteiger partial charge is 0.453 e. The van der Waals surface area contributed by atoms with Crippen molar-refractivity contribution in [1.82, 2.24) is 14.8 Å². The molecule has 3 aromatic rings. The van der Waals surface area contributed by atoms with Gasteiger partial charge in [-0.2, -0.15) is 13.2 Å². The summed E-state index contributed by atoms with van der Waals surface area (Å²) in [7, 11) is -3.42. The van der Waals surface area contributed by atoms with Crippen molar-refractivity contribution in [1.29, 1.82) is 0 Å². The molecule has 0 fully saturated rings. The summed E-state index contributed by atoms with van der Waals surface area (Å²) < 4.78 is 64.1. The molecular weight excluding hydrogens is 435 g/mol. The van der Waals surface area contributed by atoms with E-state index in [0.29, 0.717) is 5.56 Å². The van der Waals surface area contributed by atoms with Crippen LogP contribution in [0.2, 0.25) is 0 Å². The molecule has 0 N–H and O–H groups in total. The first-order chi connectivity index (χ1) is 12.1. The lowest BCUT2D eigenvalue weighted by molar-refractivity contribution is -0.144. The quantitative estimate of drug-likeness (QED) is 0.608. The predicted molar refractivity (Wildman–Crippen MR) is 92.6 cm³/mol. The van der Waals surface area contributed by atoms with Gasteiger partial charge < -0.3 is 0 Å². The van der Waals surface area contributed by atoms with E-state index in [0.717, 1.165) is 15.4 Å². The fourth-order valence-electron chi connectivity index (χ4n) is 2.23. The van der Waals surface area contributed by atoms with E-state index in [2.05, 4.69) is 26.0 Å². The van der Waals surface area contributed by atoms with Gasteiger partial charge in [-0.1, -0.05) is 28.1 Å². The minimum atomic E-state index is -4.71. The van der Waals surface area contributed by atoms with Gasteiger partial charge in [-0.05, 0) is 36.4 Å².